The molecule has 0 aromatic heterocycles. The monoisotopic (exact) mass is 396 g/mol. The molecular weight excluding hydrogens is 368 g/mol. The molecule has 0 fully saturated rings. The maximum Gasteiger partial charge on any atom is 0.408 e. The number of rotatable bonds is 7. The summed E-state index contributed by atoms with van der Waals surface area (Å²) in [6, 6.07) is 3.71. The molecule has 9 heteroatoms. The minimum absolute atomic E-state index is 0.0599. The third-order valence-electron chi connectivity index (χ3n) is 3.62. The van der Waals surface area contributed by atoms with Crippen LogP contribution in [0, 0.1) is 0 Å². The van der Waals surface area contributed by atoms with E-state index in [2.05, 4.69) is 15.4 Å². The molecule has 0 spiro atoms. The van der Waals surface area contributed by atoms with Gasteiger partial charge in [0.05, 0.1) is 13.2 Å². The van der Waals surface area contributed by atoms with E-state index in [1.54, 1.807) is 32.9 Å². The lowest BCUT2D eigenvalue weighted by atomic mass is 10.0. The van der Waals surface area contributed by atoms with Gasteiger partial charge in [-0.25, -0.2) is 9.59 Å². The van der Waals surface area contributed by atoms with Gasteiger partial charge in [-0.2, -0.15) is 0 Å². The van der Waals surface area contributed by atoms with Crippen LogP contribution < -0.4 is 10.6 Å². The number of hydrogen-bond acceptors (Lipinski definition) is 7. The molecule has 0 saturated heterocycles. The van der Waals surface area contributed by atoms with Crippen molar-refractivity contribution < 1.29 is 34.1 Å². The number of phenols is 1. The third kappa shape index (κ3) is 7.83. The highest BCUT2D eigenvalue weighted by Crippen LogP contribution is 2.13. The molecule has 0 unspecified atom stereocenters. The Morgan fingerprint density at radius 2 is 1.68 bits per heavy atom. The normalized spacial score (nSPS) is 14.4. The van der Waals surface area contributed by atoms with Crippen LogP contribution in [0.3, 0.4) is 0 Å². The zero-order valence-corrected chi connectivity index (χ0v) is 16.7. The van der Waals surface area contributed by atoms with Crippen molar-refractivity contribution in [1.82, 2.24) is 10.6 Å². The Labute approximate surface area is 164 Å². The molecule has 0 bridgehead atoms. The van der Waals surface area contributed by atoms with Gasteiger partial charge in [-0.1, -0.05) is 12.1 Å². The van der Waals surface area contributed by atoms with Gasteiger partial charge in [0.2, 0.25) is 5.91 Å². The lowest BCUT2D eigenvalue weighted by molar-refractivity contribution is -0.148. The molecule has 28 heavy (non-hydrogen) atoms. The predicted octanol–water partition coefficient (Wildman–Crippen LogP) is 0.867. The van der Waals surface area contributed by atoms with Crippen LogP contribution in [-0.2, 0) is 25.5 Å². The lowest BCUT2D eigenvalue weighted by Crippen LogP contribution is -2.56. The largest absolute Gasteiger partial charge is 0.508 e. The molecule has 0 aliphatic carbocycles. The van der Waals surface area contributed by atoms with E-state index in [9.17, 15) is 24.6 Å². The molecule has 1 aromatic carbocycles. The molecule has 4 N–H and O–H groups in total. The van der Waals surface area contributed by atoms with E-state index in [0.29, 0.717) is 5.56 Å². The Morgan fingerprint density at radius 1 is 1.11 bits per heavy atom. The smallest absolute Gasteiger partial charge is 0.408 e. The van der Waals surface area contributed by atoms with Crippen molar-refractivity contribution in [1.29, 1.82) is 0 Å². The van der Waals surface area contributed by atoms with Gasteiger partial charge in [0.25, 0.3) is 0 Å². The topological polar surface area (TPSA) is 134 Å². The first kappa shape index (κ1) is 23.2. The number of methoxy groups -OCH3 is 1. The Balaban J connectivity index is 3.00. The van der Waals surface area contributed by atoms with Crippen molar-refractivity contribution >= 4 is 18.0 Å². The Bertz CT molecular complexity index is 681. The molecule has 3 atom stereocenters. The average molecular weight is 396 g/mol. The highest BCUT2D eigenvalue weighted by molar-refractivity contribution is 5.90. The van der Waals surface area contributed by atoms with Crippen LogP contribution in [0.2, 0.25) is 0 Å². The summed E-state index contributed by atoms with van der Waals surface area (Å²) in [5.41, 5.74) is -0.113. The van der Waals surface area contributed by atoms with E-state index < -0.39 is 41.8 Å². The molecule has 1 aromatic rings. The average Bonchev–Trinajstić information content (AvgIpc) is 2.58. The van der Waals surface area contributed by atoms with E-state index in [4.69, 9.17) is 4.74 Å². The first-order valence-corrected chi connectivity index (χ1v) is 8.76. The number of carbonyl (C=O) groups is 3. The zero-order valence-electron chi connectivity index (χ0n) is 16.7. The summed E-state index contributed by atoms with van der Waals surface area (Å²) in [4.78, 5) is 36.6. The SMILES string of the molecule is COC(=O)[C@H](NC(=O)[C@H](Cc1ccc(O)cc1)NC(=O)OC(C)(C)C)[C@H](C)O. The van der Waals surface area contributed by atoms with Crippen molar-refractivity contribution in [3.05, 3.63) is 29.8 Å². The van der Waals surface area contributed by atoms with Gasteiger partial charge in [-0.3, -0.25) is 4.79 Å². The predicted molar refractivity (Wildman–Crippen MR) is 101 cm³/mol. The molecule has 156 valence electrons. The summed E-state index contributed by atoms with van der Waals surface area (Å²) in [7, 11) is 1.14. The van der Waals surface area contributed by atoms with Gasteiger partial charge in [0, 0.05) is 6.42 Å². The first-order valence-electron chi connectivity index (χ1n) is 8.76. The van der Waals surface area contributed by atoms with Crippen LogP contribution >= 0.6 is 0 Å². The number of ether oxygens (including phenoxy) is 2. The minimum atomic E-state index is -1.29. The zero-order chi connectivity index (χ0) is 21.5. The standard InChI is InChI=1S/C19H28N2O7/c1-11(22)15(17(25)27-5)21-16(24)14(20-18(26)28-19(2,3)4)10-12-6-8-13(23)9-7-12/h6-9,11,14-15,22-23H,10H2,1-5H3,(H,20,26)(H,21,24)/t11-,14-,15+/m0/s1. The fraction of sp³-hybridized carbons (Fsp3) is 0.526. The second-order valence-electron chi connectivity index (χ2n) is 7.32. The minimum Gasteiger partial charge on any atom is -0.508 e. The van der Waals surface area contributed by atoms with Crippen molar-refractivity contribution in [2.45, 2.75) is 57.9 Å². The van der Waals surface area contributed by atoms with Gasteiger partial charge >= 0.3 is 12.1 Å². The summed E-state index contributed by atoms with van der Waals surface area (Å²) in [5, 5.41) is 24.0. The second kappa shape index (κ2) is 9.93. The summed E-state index contributed by atoms with van der Waals surface area (Å²) < 4.78 is 9.76. The van der Waals surface area contributed by atoms with Gasteiger partial charge in [0.1, 0.15) is 17.4 Å². The first-order chi connectivity index (χ1) is 12.9. The van der Waals surface area contributed by atoms with E-state index >= 15 is 0 Å². The maximum absolute atomic E-state index is 12.7. The third-order valence-corrected chi connectivity index (χ3v) is 3.62. The molecule has 9 nitrogen and oxygen atoms in total. The van der Waals surface area contributed by atoms with Crippen molar-refractivity contribution in [3.63, 3.8) is 0 Å². The van der Waals surface area contributed by atoms with Crippen LogP contribution in [0.1, 0.15) is 33.3 Å². The van der Waals surface area contributed by atoms with Crippen LogP contribution in [0.15, 0.2) is 24.3 Å². The molecule has 0 radical (unpaired) electrons. The number of benzene rings is 1. The molecule has 0 aliphatic rings. The summed E-state index contributed by atoms with van der Waals surface area (Å²) in [5.74, 6) is -1.45. The quantitative estimate of drug-likeness (QED) is 0.502. The molecule has 0 saturated carbocycles. The summed E-state index contributed by atoms with van der Waals surface area (Å²) in [6.07, 6.45) is -1.94. The highest BCUT2D eigenvalue weighted by Gasteiger charge is 2.31. The highest BCUT2D eigenvalue weighted by atomic mass is 16.6. The number of aliphatic hydroxyl groups excluding tert-OH is 1. The number of aromatic hydroxyl groups is 1. The van der Waals surface area contributed by atoms with Gasteiger partial charge in [-0.05, 0) is 45.4 Å². The van der Waals surface area contributed by atoms with Crippen LogP contribution in [-0.4, -0.2) is 59.1 Å². The fourth-order valence-corrected chi connectivity index (χ4v) is 2.28. The van der Waals surface area contributed by atoms with Crippen molar-refractivity contribution in [3.8, 4) is 5.75 Å². The number of esters is 1. The number of aliphatic hydroxyl groups is 1. The summed E-state index contributed by atoms with van der Waals surface area (Å²) >= 11 is 0. The van der Waals surface area contributed by atoms with Crippen molar-refractivity contribution in [2.75, 3.05) is 7.11 Å². The van der Waals surface area contributed by atoms with Gasteiger partial charge in [-0.15, -0.1) is 0 Å². The molecular formula is C19H28N2O7. The van der Waals surface area contributed by atoms with E-state index in [1.165, 1.54) is 19.1 Å². The Morgan fingerprint density at radius 3 is 2.14 bits per heavy atom. The van der Waals surface area contributed by atoms with E-state index in [1.807, 2.05) is 0 Å². The number of carbonyl (C=O) groups excluding carboxylic acids is 3. The fourth-order valence-electron chi connectivity index (χ4n) is 2.28. The molecule has 2 amide bonds. The molecule has 0 heterocycles. The molecule has 0 aliphatic heterocycles. The van der Waals surface area contributed by atoms with Crippen LogP contribution in [0.5, 0.6) is 5.75 Å². The van der Waals surface area contributed by atoms with Gasteiger partial charge in [0.15, 0.2) is 6.04 Å². The maximum atomic E-state index is 12.7. The molecule has 1 rings (SSSR count). The number of alkyl carbamates (subject to hydrolysis) is 1. The number of nitrogens with one attached hydrogen (secondary N) is 2. The van der Waals surface area contributed by atoms with E-state index in [-0.39, 0.29) is 12.2 Å². The van der Waals surface area contributed by atoms with E-state index in [0.717, 1.165) is 7.11 Å². The lowest BCUT2D eigenvalue weighted by Gasteiger charge is -2.25. The Kier molecular flexibility index (Phi) is 8.24. The van der Waals surface area contributed by atoms with Crippen molar-refractivity contribution in [2.24, 2.45) is 0 Å². The number of phenolic OH excluding ortho intramolecular Hbond substituents is 1. The second-order valence-corrected chi connectivity index (χ2v) is 7.32. The van der Waals surface area contributed by atoms with Crippen LogP contribution in [0.4, 0.5) is 4.79 Å². The van der Waals surface area contributed by atoms with Gasteiger partial charge < -0.3 is 30.3 Å². The number of amides is 2. The Hall–Kier alpha value is -2.81. The number of hydrogen-bond donors (Lipinski definition) is 4. The van der Waals surface area contributed by atoms with Crippen LogP contribution in [0.25, 0.3) is 0 Å². The summed E-state index contributed by atoms with van der Waals surface area (Å²) in [6.45, 7) is 6.38.